The molecule has 0 aliphatic carbocycles. The van der Waals surface area contributed by atoms with Gasteiger partial charge in [-0.05, 0) is 37.5 Å². The molecular formula is C16H21Cl2NO3. The van der Waals surface area contributed by atoms with Gasteiger partial charge in [0.25, 0.3) is 0 Å². The molecule has 6 heteroatoms. The van der Waals surface area contributed by atoms with Gasteiger partial charge in [-0.15, -0.1) is 12.4 Å². The van der Waals surface area contributed by atoms with Gasteiger partial charge >= 0.3 is 5.63 Å². The first-order valence-corrected chi connectivity index (χ1v) is 7.45. The normalized spacial score (nSPS) is 11.5. The molecule has 0 saturated heterocycles. The monoisotopic (exact) mass is 345 g/mol. The third kappa shape index (κ3) is 2.71. The predicted octanol–water partition coefficient (Wildman–Crippen LogP) is 3.90. The summed E-state index contributed by atoms with van der Waals surface area (Å²) in [5.41, 5.74) is 6.78. The van der Waals surface area contributed by atoms with Crippen LogP contribution >= 0.6 is 24.0 Å². The Morgan fingerprint density at radius 1 is 1.32 bits per heavy atom. The maximum atomic E-state index is 12.5. The van der Waals surface area contributed by atoms with Crippen molar-refractivity contribution >= 4 is 35.0 Å². The molecule has 1 aromatic carbocycles. The summed E-state index contributed by atoms with van der Waals surface area (Å²) in [6.45, 7) is 6.28. The average molecular weight is 346 g/mol. The standard InChI is InChI=1S/C16H20ClNO3.ClH/c1-4-16(5-2,8-18)12-9(3)10-6-7-11(19)13(17)14(10)21-15(12)20;/h6-7,19H,4-5,8,18H2,1-3H3;1H. The number of nitrogens with two attached hydrogens (primary N) is 1. The van der Waals surface area contributed by atoms with Crippen LogP contribution in [0.4, 0.5) is 0 Å². The van der Waals surface area contributed by atoms with E-state index in [1.807, 2.05) is 20.8 Å². The second-order valence-corrected chi connectivity index (χ2v) is 5.73. The Hall–Kier alpha value is -1.23. The number of hydrogen-bond acceptors (Lipinski definition) is 4. The smallest absolute Gasteiger partial charge is 0.340 e. The van der Waals surface area contributed by atoms with Gasteiger partial charge in [-0.25, -0.2) is 4.79 Å². The Balaban J connectivity index is 0.00000242. The summed E-state index contributed by atoms with van der Waals surface area (Å²) in [6.07, 6.45) is 1.51. The minimum Gasteiger partial charge on any atom is -0.506 e. The molecule has 0 saturated carbocycles. The summed E-state index contributed by atoms with van der Waals surface area (Å²) >= 11 is 6.03. The van der Waals surface area contributed by atoms with Crippen molar-refractivity contribution in [1.29, 1.82) is 0 Å². The lowest BCUT2D eigenvalue weighted by Gasteiger charge is -2.31. The Morgan fingerprint density at radius 2 is 1.91 bits per heavy atom. The first kappa shape index (κ1) is 18.8. The van der Waals surface area contributed by atoms with E-state index in [1.54, 1.807) is 6.07 Å². The van der Waals surface area contributed by atoms with Gasteiger partial charge in [0.15, 0.2) is 5.58 Å². The summed E-state index contributed by atoms with van der Waals surface area (Å²) in [4.78, 5) is 12.5. The molecule has 0 bridgehead atoms. The number of hydrogen-bond donors (Lipinski definition) is 2. The number of phenolic OH excluding ortho intramolecular Hbond substituents is 1. The van der Waals surface area contributed by atoms with Crippen molar-refractivity contribution in [3.05, 3.63) is 38.7 Å². The zero-order valence-corrected chi connectivity index (χ0v) is 14.5. The van der Waals surface area contributed by atoms with E-state index in [2.05, 4.69) is 0 Å². The van der Waals surface area contributed by atoms with Crippen LogP contribution in [0, 0.1) is 6.92 Å². The topological polar surface area (TPSA) is 76.5 Å². The molecule has 0 fully saturated rings. The molecule has 0 spiro atoms. The van der Waals surface area contributed by atoms with E-state index in [0.717, 1.165) is 23.8 Å². The van der Waals surface area contributed by atoms with Gasteiger partial charge < -0.3 is 15.3 Å². The highest BCUT2D eigenvalue weighted by Crippen LogP contribution is 2.37. The average Bonchev–Trinajstić information content (AvgIpc) is 2.48. The van der Waals surface area contributed by atoms with E-state index in [9.17, 15) is 9.90 Å². The van der Waals surface area contributed by atoms with Crippen molar-refractivity contribution in [2.24, 2.45) is 5.73 Å². The van der Waals surface area contributed by atoms with Crippen LogP contribution in [0.25, 0.3) is 11.0 Å². The van der Waals surface area contributed by atoms with Gasteiger partial charge in [0.05, 0.1) is 0 Å². The van der Waals surface area contributed by atoms with Crippen LogP contribution in [0.3, 0.4) is 0 Å². The highest BCUT2D eigenvalue weighted by Gasteiger charge is 2.33. The molecule has 1 aromatic heterocycles. The molecule has 0 aliphatic rings. The van der Waals surface area contributed by atoms with Crippen LogP contribution in [0.1, 0.15) is 37.8 Å². The third-order valence-corrected chi connectivity index (χ3v) is 4.89. The van der Waals surface area contributed by atoms with E-state index >= 15 is 0 Å². The van der Waals surface area contributed by atoms with Crippen molar-refractivity contribution in [2.75, 3.05) is 6.54 Å². The summed E-state index contributed by atoms with van der Waals surface area (Å²) < 4.78 is 5.39. The minimum absolute atomic E-state index is 0. The number of aryl methyl sites for hydroxylation is 1. The molecule has 2 aromatic rings. The van der Waals surface area contributed by atoms with Gasteiger partial charge in [0, 0.05) is 22.9 Å². The Morgan fingerprint density at radius 3 is 2.41 bits per heavy atom. The molecule has 122 valence electrons. The maximum absolute atomic E-state index is 12.5. The molecule has 0 amide bonds. The SMILES string of the molecule is CCC(CC)(CN)c1c(C)c2ccc(O)c(Cl)c2oc1=O.Cl. The summed E-state index contributed by atoms with van der Waals surface area (Å²) in [5.74, 6) is -0.101. The number of aromatic hydroxyl groups is 1. The highest BCUT2D eigenvalue weighted by atomic mass is 35.5. The zero-order chi connectivity index (χ0) is 15.8. The molecule has 0 aliphatic heterocycles. The molecule has 1 heterocycles. The van der Waals surface area contributed by atoms with Crippen LogP contribution in [0.15, 0.2) is 21.3 Å². The first-order valence-electron chi connectivity index (χ1n) is 7.07. The van der Waals surface area contributed by atoms with Crippen LogP contribution in [0.2, 0.25) is 5.02 Å². The second kappa shape index (κ2) is 6.90. The Kier molecular flexibility index (Phi) is 5.90. The van der Waals surface area contributed by atoms with Gasteiger partial charge in [-0.2, -0.15) is 0 Å². The van der Waals surface area contributed by atoms with Gasteiger partial charge in [-0.1, -0.05) is 25.4 Å². The van der Waals surface area contributed by atoms with Crippen LogP contribution in [-0.2, 0) is 5.41 Å². The summed E-state index contributed by atoms with van der Waals surface area (Å²) in [5, 5.41) is 10.4. The predicted molar refractivity (Wildman–Crippen MR) is 92.5 cm³/mol. The van der Waals surface area contributed by atoms with E-state index in [1.165, 1.54) is 6.07 Å². The Bertz CT molecular complexity index is 728. The molecule has 4 nitrogen and oxygen atoms in total. The molecule has 0 radical (unpaired) electrons. The largest absolute Gasteiger partial charge is 0.506 e. The van der Waals surface area contributed by atoms with Crippen molar-refractivity contribution < 1.29 is 9.52 Å². The summed E-state index contributed by atoms with van der Waals surface area (Å²) in [7, 11) is 0. The summed E-state index contributed by atoms with van der Waals surface area (Å²) in [6, 6.07) is 3.22. The zero-order valence-electron chi connectivity index (χ0n) is 12.9. The Labute approximate surface area is 140 Å². The fourth-order valence-electron chi connectivity index (χ4n) is 2.98. The third-order valence-electron chi connectivity index (χ3n) is 4.53. The number of fused-ring (bicyclic) bond motifs is 1. The van der Waals surface area contributed by atoms with Crippen molar-refractivity contribution in [3.8, 4) is 5.75 Å². The van der Waals surface area contributed by atoms with Crippen LogP contribution < -0.4 is 11.4 Å². The van der Waals surface area contributed by atoms with Crippen molar-refractivity contribution in [3.63, 3.8) is 0 Å². The van der Waals surface area contributed by atoms with Crippen molar-refractivity contribution in [2.45, 2.75) is 39.0 Å². The highest BCUT2D eigenvalue weighted by molar-refractivity contribution is 6.36. The number of benzene rings is 1. The number of rotatable bonds is 4. The molecule has 3 N–H and O–H groups in total. The van der Waals surface area contributed by atoms with Crippen LogP contribution in [-0.4, -0.2) is 11.7 Å². The lowest BCUT2D eigenvalue weighted by atomic mass is 9.74. The van der Waals surface area contributed by atoms with Gasteiger partial charge in [0.1, 0.15) is 10.8 Å². The second-order valence-electron chi connectivity index (χ2n) is 5.36. The molecule has 0 unspecified atom stereocenters. The number of halogens is 2. The first-order chi connectivity index (χ1) is 9.91. The van der Waals surface area contributed by atoms with E-state index in [4.69, 9.17) is 21.8 Å². The molecular weight excluding hydrogens is 325 g/mol. The lowest BCUT2D eigenvalue weighted by Crippen LogP contribution is -2.39. The van der Waals surface area contributed by atoms with E-state index in [-0.39, 0.29) is 28.8 Å². The lowest BCUT2D eigenvalue weighted by molar-refractivity contribution is 0.384. The molecule has 2 rings (SSSR count). The quantitative estimate of drug-likeness (QED) is 0.823. The van der Waals surface area contributed by atoms with Crippen LogP contribution in [0.5, 0.6) is 5.75 Å². The van der Waals surface area contributed by atoms with Crippen molar-refractivity contribution in [1.82, 2.24) is 0 Å². The maximum Gasteiger partial charge on any atom is 0.340 e. The van der Waals surface area contributed by atoms with E-state index in [0.29, 0.717) is 12.1 Å². The molecule has 0 atom stereocenters. The van der Waals surface area contributed by atoms with E-state index < -0.39 is 11.0 Å². The molecule has 22 heavy (non-hydrogen) atoms. The minimum atomic E-state index is -0.429. The van der Waals surface area contributed by atoms with Gasteiger partial charge in [-0.3, -0.25) is 0 Å². The fourth-order valence-corrected chi connectivity index (χ4v) is 3.18. The number of phenols is 1. The van der Waals surface area contributed by atoms with Gasteiger partial charge in [0.2, 0.25) is 0 Å². The fraction of sp³-hybridized carbons (Fsp3) is 0.438.